The van der Waals surface area contributed by atoms with E-state index in [0.29, 0.717) is 18.7 Å². The van der Waals surface area contributed by atoms with E-state index in [-0.39, 0.29) is 24.9 Å². The fourth-order valence-electron chi connectivity index (χ4n) is 4.95. The van der Waals surface area contributed by atoms with Gasteiger partial charge in [-0.25, -0.2) is 4.39 Å². The first-order valence-corrected chi connectivity index (χ1v) is 9.76. The van der Waals surface area contributed by atoms with Gasteiger partial charge >= 0.3 is 5.97 Å². The lowest BCUT2D eigenvalue weighted by Gasteiger charge is -2.29. The van der Waals surface area contributed by atoms with Crippen LogP contribution in [0.2, 0.25) is 0 Å². The minimum Gasteiger partial charge on any atom is -0.481 e. The number of hydrogen-bond acceptors (Lipinski definition) is 6. The fraction of sp³-hybridized carbons (Fsp3) is 0.500. The molecule has 0 aliphatic carbocycles. The summed E-state index contributed by atoms with van der Waals surface area (Å²) in [5.41, 5.74) is -0.988. The summed E-state index contributed by atoms with van der Waals surface area (Å²) in [6, 6.07) is 3.08. The quantitative estimate of drug-likeness (QED) is 0.433. The summed E-state index contributed by atoms with van der Waals surface area (Å²) in [6.07, 6.45) is 0.256. The third kappa shape index (κ3) is 2.90. The standard InChI is InChI=1S/C20H22FN3O6/c1-30-8-2-7-24-17(27)15-13(5-6-14(25)26)23-20(16(15)18(24)28)11-9-10(21)3-4-12(11)22-19(20)29/h3-4,9,13,15-16,23H,2,5-8H2,1H3,(H,22,29)(H,25,26). The third-order valence-corrected chi connectivity index (χ3v) is 6.17. The van der Waals surface area contributed by atoms with Crippen molar-refractivity contribution in [3.63, 3.8) is 0 Å². The maximum Gasteiger partial charge on any atom is 0.303 e. The maximum atomic E-state index is 14.1. The van der Waals surface area contributed by atoms with Gasteiger partial charge in [-0.3, -0.25) is 29.4 Å². The molecule has 2 fully saturated rings. The number of likely N-dealkylation sites (tertiary alicyclic amines) is 1. The molecule has 0 radical (unpaired) electrons. The van der Waals surface area contributed by atoms with Gasteiger partial charge in [0.1, 0.15) is 11.4 Å². The van der Waals surface area contributed by atoms with E-state index < -0.39 is 52.9 Å². The highest BCUT2D eigenvalue weighted by atomic mass is 19.1. The van der Waals surface area contributed by atoms with Crippen molar-refractivity contribution in [2.24, 2.45) is 11.8 Å². The van der Waals surface area contributed by atoms with E-state index in [2.05, 4.69) is 10.6 Å². The molecule has 2 saturated heterocycles. The smallest absolute Gasteiger partial charge is 0.303 e. The number of carboxylic acid groups (broad SMARTS) is 1. The molecule has 10 heteroatoms. The summed E-state index contributed by atoms with van der Waals surface area (Å²) in [5, 5.41) is 14.8. The normalized spacial score (nSPS) is 29.5. The number of fused-ring (bicyclic) bond motifs is 4. The zero-order chi connectivity index (χ0) is 21.6. The molecule has 0 bridgehead atoms. The molecule has 1 spiro atoms. The number of amides is 3. The van der Waals surface area contributed by atoms with Crippen molar-refractivity contribution in [3.8, 4) is 0 Å². The summed E-state index contributed by atoms with van der Waals surface area (Å²) in [7, 11) is 1.51. The Balaban J connectivity index is 1.77. The second kappa shape index (κ2) is 7.44. The Hall–Kier alpha value is -2.85. The van der Waals surface area contributed by atoms with E-state index in [0.717, 1.165) is 4.90 Å². The number of carbonyl (C=O) groups excluding carboxylic acids is 3. The lowest BCUT2D eigenvalue weighted by atomic mass is 9.76. The number of nitrogens with zero attached hydrogens (tertiary/aromatic N) is 1. The minimum atomic E-state index is -1.62. The number of rotatable bonds is 7. The van der Waals surface area contributed by atoms with Crippen molar-refractivity contribution in [2.45, 2.75) is 30.8 Å². The fourth-order valence-corrected chi connectivity index (χ4v) is 4.95. The summed E-state index contributed by atoms with van der Waals surface area (Å²) in [5.74, 6) is -5.11. The van der Waals surface area contributed by atoms with E-state index in [1.165, 1.54) is 25.3 Å². The van der Waals surface area contributed by atoms with Crippen molar-refractivity contribution in [3.05, 3.63) is 29.6 Å². The molecule has 3 N–H and O–H groups in total. The number of hydrogen-bond donors (Lipinski definition) is 3. The highest BCUT2D eigenvalue weighted by Gasteiger charge is 2.70. The van der Waals surface area contributed by atoms with Gasteiger partial charge in [0.2, 0.25) is 17.7 Å². The van der Waals surface area contributed by atoms with Gasteiger partial charge in [-0.1, -0.05) is 0 Å². The highest BCUT2D eigenvalue weighted by molar-refractivity contribution is 6.15. The number of anilines is 1. The number of carboxylic acids is 1. The Labute approximate surface area is 171 Å². The van der Waals surface area contributed by atoms with Crippen LogP contribution >= 0.6 is 0 Å². The molecule has 9 nitrogen and oxygen atoms in total. The molecule has 0 aromatic heterocycles. The Morgan fingerprint density at radius 3 is 2.77 bits per heavy atom. The lowest BCUT2D eigenvalue weighted by molar-refractivity contribution is -0.143. The monoisotopic (exact) mass is 419 g/mol. The molecular weight excluding hydrogens is 397 g/mol. The van der Waals surface area contributed by atoms with Crippen LogP contribution in [0.4, 0.5) is 10.1 Å². The van der Waals surface area contributed by atoms with E-state index in [1.807, 2.05) is 0 Å². The van der Waals surface area contributed by atoms with E-state index in [9.17, 15) is 23.6 Å². The number of carbonyl (C=O) groups is 4. The van der Waals surface area contributed by atoms with Crippen LogP contribution in [0, 0.1) is 17.7 Å². The van der Waals surface area contributed by atoms with Gasteiger partial charge in [0.05, 0.1) is 11.8 Å². The van der Waals surface area contributed by atoms with Gasteiger partial charge in [0.15, 0.2) is 0 Å². The van der Waals surface area contributed by atoms with Gasteiger partial charge in [-0.2, -0.15) is 0 Å². The number of methoxy groups -OCH3 is 1. The van der Waals surface area contributed by atoms with Crippen LogP contribution in [0.25, 0.3) is 0 Å². The average molecular weight is 419 g/mol. The molecule has 4 atom stereocenters. The summed E-state index contributed by atoms with van der Waals surface area (Å²) < 4.78 is 19.0. The van der Waals surface area contributed by atoms with Crippen LogP contribution in [0.3, 0.4) is 0 Å². The number of ether oxygens (including phenoxy) is 1. The molecule has 160 valence electrons. The van der Waals surface area contributed by atoms with E-state index in [4.69, 9.17) is 9.84 Å². The number of halogens is 1. The summed E-state index contributed by atoms with van der Waals surface area (Å²) in [4.78, 5) is 51.8. The number of benzene rings is 1. The Morgan fingerprint density at radius 1 is 1.30 bits per heavy atom. The minimum absolute atomic E-state index is 0.0567. The van der Waals surface area contributed by atoms with Crippen molar-refractivity contribution < 1.29 is 33.4 Å². The predicted octanol–water partition coefficient (Wildman–Crippen LogP) is 0.447. The molecule has 1 aromatic rings. The van der Waals surface area contributed by atoms with Crippen LogP contribution in [0.1, 0.15) is 24.8 Å². The van der Waals surface area contributed by atoms with Crippen LogP contribution < -0.4 is 10.6 Å². The van der Waals surface area contributed by atoms with E-state index in [1.54, 1.807) is 0 Å². The average Bonchev–Trinajstić information content (AvgIpc) is 3.27. The van der Waals surface area contributed by atoms with Crippen molar-refractivity contribution >= 4 is 29.4 Å². The molecule has 3 aliphatic rings. The Morgan fingerprint density at radius 2 is 2.07 bits per heavy atom. The molecule has 1 aromatic carbocycles. The van der Waals surface area contributed by atoms with Crippen LogP contribution in [0.15, 0.2) is 18.2 Å². The van der Waals surface area contributed by atoms with Gasteiger partial charge in [0, 0.05) is 44.0 Å². The zero-order valence-electron chi connectivity index (χ0n) is 16.3. The molecule has 3 heterocycles. The Bertz CT molecular complexity index is 937. The molecular formula is C20H22FN3O6. The molecule has 0 saturated carbocycles. The molecule has 3 aliphatic heterocycles. The number of nitrogens with one attached hydrogen (secondary N) is 2. The summed E-state index contributed by atoms with van der Waals surface area (Å²) >= 11 is 0. The number of imide groups is 1. The summed E-state index contributed by atoms with van der Waals surface area (Å²) in [6.45, 7) is 0.491. The zero-order valence-corrected chi connectivity index (χ0v) is 16.3. The second-order valence-corrected chi connectivity index (χ2v) is 7.81. The van der Waals surface area contributed by atoms with Crippen molar-refractivity contribution in [1.82, 2.24) is 10.2 Å². The van der Waals surface area contributed by atoms with Crippen LogP contribution in [0.5, 0.6) is 0 Å². The van der Waals surface area contributed by atoms with Gasteiger partial charge < -0.3 is 15.2 Å². The van der Waals surface area contributed by atoms with E-state index >= 15 is 0 Å². The first kappa shape index (κ1) is 20.4. The Kier molecular flexibility index (Phi) is 5.07. The maximum absolute atomic E-state index is 14.1. The number of aliphatic carboxylic acids is 1. The molecule has 4 unspecified atom stereocenters. The van der Waals surface area contributed by atoms with Crippen molar-refractivity contribution in [1.29, 1.82) is 0 Å². The van der Waals surface area contributed by atoms with Gasteiger partial charge in [-0.05, 0) is 31.0 Å². The highest BCUT2D eigenvalue weighted by Crippen LogP contribution is 2.53. The van der Waals surface area contributed by atoms with Crippen LogP contribution in [-0.2, 0) is 29.5 Å². The predicted molar refractivity (Wildman–Crippen MR) is 101 cm³/mol. The SMILES string of the molecule is COCCCN1C(=O)C2C(CCC(=O)O)NC3(C(=O)Nc4ccc(F)cc43)C2C1=O. The first-order valence-electron chi connectivity index (χ1n) is 9.76. The topological polar surface area (TPSA) is 125 Å². The molecule has 30 heavy (non-hydrogen) atoms. The molecule has 4 rings (SSSR count). The van der Waals surface area contributed by atoms with Gasteiger partial charge in [-0.15, -0.1) is 0 Å². The first-order chi connectivity index (χ1) is 14.3. The lowest BCUT2D eigenvalue weighted by Crippen LogP contribution is -2.53. The third-order valence-electron chi connectivity index (χ3n) is 6.17. The van der Waals surface area contributed by atoms with Crippen molar-refractivity contribution in [2.75, 3.05) is 25.6 Å². The van der Waals surface area contributed by atoms with Crippen LogP contribution in [-0.4, -0.2) is 60.0 Å². The molecule has 3 amide bonds. The largest absolute Gasteiger partial charge is 0.481 e. The van der Waals surface area contributed by atoms with Gasteiger partial charge in [0.25, 0.3) is 0 Å². The second-order valence-electron chi connectivity index (χ2n) is 7.81.